The number of ether oxygens (including phenoxy) is 2. The normalized spacial score (nSPS) is 12.6. The SMILES string of the molecule is CCCCS(=O)CC(COC(C)C)OC(=O)CSc1nc(-c2ccc(Br)cc2)cc(-c2ccccc2)c1C#N. The highest BCUT2D eigenvalue weighted by Crippen LogP contribution is 2.34. The molecule has 6 nitrogen and oxygen atoms in total. The lowest BCUT2D eigenvalue weighted by molar-refractivity contribution is -0.148. The van der Waals surface area contributed by atoms with Gasteiger partial charge in [-0.05, 0) is 44.0 Å². The van der Waals surface area contributed by atoms with E-state index in [-0.39, 0.29) is 24.2 Å². The van der Waals surface area contributed by atoms with Gasteiger partial charge < -0.3 is 9.47 Å². The average molecular weight is 630 g/mol. The van der Waals surface area contributed by atoms with Gasteiger partial charge in [-0.2, -0.15) is 5.26 Å². The Morgan fingerprint density at radius 3 is 2.49 bits per heavy atom. The van der Waals surface area contributed by atoms with E-state index in [2.05, 4.69) is 22.0 Å². The van der Waals surface area contributed by atoms with Crippen LogP contribution < -0.4 is 0 Å². The van der Waals surface area contributed by atoms with Crippen LogP contribution >= 0.6 is 27.7 Å². The number of thioether (sulfide) groups is 1. The van der Waals surface area contributed by atoms with E-state index in [1.807, 2.05) is 81.4 Å². The van der Waals surface area contributed by atoms with Crippen molar-refractivity contribution in [3.05, 3.63) is 70.7 Å². The molecule has 3 aromatic rings. The fourth-order valence-electron chi connectivity index (χ4n) is 3.71. The number of aromatic nitrogens is 1. The summed E-state index contributed by atoms with van der Waals surface area (Å²) in [7, 11) is -1.10. The molecule has 2 unspecified atom stereocenters. The lowest BCUT2D eigenvalue weighted by Crippen LogP contribution is -2.31. The first-order valence-corrected chi connectivity index (χ1v) is 16.1. The molecule has 0 saturated carbocycles. The Balaban J connectivity index is 1.84. The molecule has 0 fully saturated rings. The Hall–Kier alpha value is -2.51. The Morgan fingerprint density at radius 1 is 1.13 bits per heavy atom. The highest BCUT2D eigenvalue weighted by atomic mass is 79.9. The van der Waals surface area contributed by atoms with Crippen molar-refractivity contribution in [1.29, 1.82) is 5.26 Å². The summed E-state index contributed by atoms with van der Waals surface area (Å²) < 4.78 is 24.8. The fraction of sp³-hybridized carbons (Fsp3) is 0.367. The number of benzene rings is 2. The molecule has 2 aromatic carbocycles. The molecule has 1 heterocycles. The second kappa shape index (κ2) is 15.9. The topological polar surface area (TPSA) is 89.3 Å². The number of unbranched alkanes of at least 4 members (excludes halogenated alkanes) is 1. The number of halogens is 1. The molecule has 39 heavy (non-hydrogen) atoms. The van der Waals surface area contributed by atoms with Gasteiger partial charge in [0.15, 0.2) is 0 Å². The number of rotatable bonds is 14. The minimum atomic E-state index is -1.10. The van der Waals surface area contributed by atoms with Crippen LogP contribution in [0.4, 0.5) is 0 Å². The molecule has 0 amide bonds. The van der Waals surface area contributed by atoms with Crippen molar-refractivity contribution >= 4 is 44.5 Å². The van der Waals surface area contributed by atoms with Crippen LogP contribution in [-0.4, -0.2) is 51.2 Å². The van der Waals surface area contributed by atoms with Gasteiger partial charge in [-0.25, -0.2) is 4.98 Å². The quantitative estimate of drug-likeness (QED) is 0.140. The van der Waals surface area contributed by atoms with E-state index in [0.29, 0.717) is 22.0 Å². The Kier molecular flexibility index (Phi) is 12.7. The molecular formula is C30H33BrN2O4S2. The zero-order valence-electron chi connectivity index (χ0n) is 22.4. The van der Waals surface area contributed by atoms with Crippen LogP contribution in [0.15, 0.2) is 70.2 Å². The van der Waals surface area contributed by atoms with Crippen LogP contribution in [0.25, 0.3) is 22.4 Å². The number of nitrogens with zero attached hydrogens (tertiary/aromatic N) is 2. The molecule has 2 atom stereocenters. The standard InChI is InChI=1S/C30H33BrN2O4S2/c1-4-5-15-39(35)20-25(18-36-21(2)3)37-29(34)19-38-30-27(17-32)26(22-9-7-6-8-10-22)16-28(33-30)23-11-13-24(31)14-12-23/h6-14,16,21,25H,4-5,15,18-20H2,1-3H3. The van der Waals surface area contributed by atoms with E-state index >= 15 is 0 Å². The lowest BCUT2D eigenvalue weighted by atomic mass is 9.99. The lowest BCUT2D eigenvalue weighted by Gasteiger charge is -2.19. The maximum absolute atomic E-state index is 12.9. The van der Waals surface area contributed by atoms with Crippen molar-refractivity contribution in [1.82, 2.24) is 4.98 Å². The zero-order chi connectivity index (χ0) is 28.2. The van der Waals surface area contributed by atoms with Crippen LogP contribution in [0.1, 0.15) is 39.2 Å². The van der Waals surface area contributed by atoms with Gasteiger partial charge in [-0.1, -0.05) is 83.5 Å². The highest BCUT2D eigenvalue weighted by Gasteiger charge is 2.21. The van der Waals surface area contributed by atoms with Crippen LogP contribution in [0.5, 0.6) is 0 Å². The first-order valence-electron chi connectivity index (χ1n) is 12.9. The number of pyridine rings is 1. The molecule has 0 spiro atoms. The highest BCUT2D eigenvalue weighted by molar-refractivity contribution is 9.10. The molecule has 0 bridgehead atoms. The van der Waals surface area contributed by atoms with Crippen molar-refractivity contribution < 1.29 is 18.5 Å². The third-order valence-electron chi connectivity index (χ3n) is 5.66. The number of hydrogen-bond donors (Lipinski definition) is 0. The number of hydrogen-bond acceptors (Lipinski definition) is 7. The number of esters is 1. The van der Waals surface area contributed by atoms with Crippen LogP contribution in [0, 0.1) is 11.3 Å². The number of nitriles is 1. The van der Waals surface area contributed by atoms with Crippen molar-refractivity contribution in [2.24, 2.45) is 0 Å². The third-order valence-corrected chi connectivity index (χ3v) is 8.63. The van der Waals surface area contributed by atoms with Gasteiger partial charge in [-0.3, -0.25) is 9.00 Å². The summed E-state index contributed by atoms with van der Waals surface area (Å²) in [6, 6.07) is 21.6. The summed E-state index contributed by atoms with van der Waals surface area (Å²) in [5.41, 5.74) is 3.63. The van der Waals surface area contributed by atoms with E-state index in [1.54, 1.807) is 0 Å². The summed E-state index contributed by atoms with van der Waals surface area (Å²) >= 11 is 4.63. The summed E-state index contributed by atoms with van der Waals surface area (Å²) in [5, 5.41) is 10.5. The predicted octanol–water partition coefficient (Wildman–Crippen LogP) is 7.03. The summed E-state index contributed by atoms with van der Waals surface area (Å²) in [6.07, 6.45) is 1.17. The summed E-state index contributed by atoms with van der Waals surface area (Å²) in [4.78, 5) is 17.7. The van der Waals surface area contributed by atoms with Crippen molar-refractivity contribution in [3.63, 3.8) is 0 Å². The van der Waals surface area contributed by atoms with Gasteiger partial charge in [0.2, 0.25) is 0 Å². The largest absolute Gasteiger partial charge is 0.458 e. The van der Waals surface area contributed by atoms with Crippen molar-refractivity contribution in [3.8, 4) is 28.5 Å². The second-order valence-electron chi connectivity index (χ2n) is 9.17. The first kappa shape index (κ1) is 31.0. The Bertz CT molecular complexity index is 1290. The van der Waals surface area contributed by atoms with Crippen molar-refractivity contribution in [2.75, 3.05) is 23.9 Å². The predicted molar refractivity (Wildman–Crippen MR) is 162 cm³/mol. The molecule has 9 heteroatoms. The molecule has 0 aliphatic carbocycles. The molecule has 0 N–H and O–H groups in total. The zero-order valence-corrected chi connectivity index (χ0v) is 25.6. The average Bonchev–Trinajstić information content (AvgIpc) is 2.94. The van der Waals surface area contributed by atoms with Gasteiger partial charge in [0, 0.05) is 32.2 Å². The third kappa shape index (κ3) is 9.87. The molecule has 0 aliphatic rings. The van der Waals surface area contributed by atoms with Crippen molar-refractivity contribution in [2.45, 2.75) is 50.8 Å². The van der Waals surface area contributed by atoms with E-state index in [4.69, 9.17) is 14.5 Å². The number of carbonyl (C=O) groups is 1. The Labute approximate surface area is 246 Å². The van der Waals surface area contributed by atoms with E-state index in [0.717, 1.165) is 34.0 Å². The number of carbonyl (C=O) groups excluding carboxylic acids is 1. The molecule has 0 saturated heterocycles. The summed E-state index contributed by atoms with van der Waals surface area (Å²) in [5.74, 6) is 0.300. The Morgan fingerprint density at radius 2 is 1.85 bits per heavy atom. The van der Waals surface area contributed by atoms with E-state index in [9.17, 15) is 14.3 Å². The van der Waals surface area contributed by atoms with Crippen LogP contribution in [0.3, 0.4) is 0 Å². The molecule has 3 rings (SSSR count). The second-order valence-corrected chi connectivity index (χ2v) is 12.7. The van der Waals surface area contributed by atoms with E-state index < -0.39 is 22.9 Å². The van der Waals surface area contributed by atoms with Gasteiger partial charge in [-0.15, -0.1) is 0 Å². The van der Waals surface area contributed by atoms with Crippen LogP contribution in [0.2, 0.25) is 0 Å². The van der Waals surface area contributed by atoms with Gasteiger partial charge >= 0.3 is 5.97 Å². The maximum Gasteiger partial charge on any atom is 0.316 e. The minimum absolute atomic E-state index is 0.0372. The first-order chi connectivity index (χ1) is 18.8. The molecule has 0 aliphatic heterocycles. The van der Waals surface area contributed by atoms with Gasteiger partial charge in [0.1, 0.15) is 17.2 Å². The summed E-state index contributed by atoms with van der Waals surface area (Å²) in [6.45, 7) is 6.04. The fourth-order valence-corrected chi connectivity index (χ4v) is 6.11. The van der Waals surface area contributed by atoms with Gasteiger partial charge in [0.25, 0.3) is 0 Å². The molecule has 0 radical (unpaired) electrons. The maximum atomic E-state index is 12.9. The minimum Gasteiger partial charge on any atom is -0.458 e. The monoisotopic (exact) mass is 628 g/mol. The molecular weight excluding hydrogens is 596 g/mol. The van der Waals surface area contributed by atoms with E-state index in [1.165, 1.54) is 11.8 Å². The smallest absolute Gasteiger partial charge is 0.316 e. The van der Waals surface area contributed by atoms with Gasteiger partial charge in [0.05, 0.1) is 35.5 Å². The molecule has 1 aromatic heterocycles. The van der Waals surface area contributed by atoms with Crippen LogP contribution in [-0.2, 0) is 25.1 Å². The molecule has 206 valence electrons.